The second-order valence-electron chi connectivity index (χ2n) is 4.89. The summed E-state index contributed by atoms with van der Waals surface area (Å²) in [6.45, 7) is 5.02. The average Bonchev–Trinajstić information content (AvgIpc) is 2.47. The standard InChI is InChI=1S/C16H23IO3/c1-3-5-6-13(4-2)11-19-16(18)20-12-14-7-9-15(17)10-8-14/h7-10,13H,3-6,11-12H2,1-2H3. The van der Waals surface area contributed by atoms with Crippen molar-refractivity contribution in [3.8, 4) is 0 Å². The van der Waals surface area contributed by atoms with Crippen molar-refractivity contribution in [2.45, 2.75) is 46.1 Å². The van der Waals surface area contributed by atoms with Gasteiger partial charge in [0.1, 0.15) is 6.61 Å². The van der Waals surface area contributed by atoms with E-state index in [-0.39, 0.29) is 6.61 Å². The van der Waals surface area contributed by atoms with E-state index < -0.39 is 6.16 Å². The Balaban J connectivity index is 2.24. The molecule has 0 fully saturated rings. The number of benzene rings is 1. The van der Waals surface area contributed by atoms with Crippen LogP contribution < -0.4 is 0 Å². The molecule has 0 aliphatic carbocycles. The topological polar surface area (TPSA) is 35.5 Å². The minimum atomic E-state index is -0.571. The summed E-state index contributed by atoms with van der Waals surface area (Å²) in [6, 6.07) is 7.88. The van der Waals surface area contributed by atoms with Crippen LogP contribution in [0.3, 0.4) is 0 Å². The molecule has 4 heteroatoms. The van der Waals surface area contributed by atoms with Gasteiger partial charge < -0.3 is 9.47 Å². The van der Waals surface area contributed by atoms with Crippen LogP contribution in [0, 0.1) is 9.49 Å². The Labute approximate surface area is 135 Å². The van der Waals surface area contributed by atoms with Crippen LogP contribution in [-0.4, -0.2) is 12.8 Å². The van der Waals surface area contributed by atoms with E-state index >= 15 is 0 Å². The Morgan fingerprint density at radius 1 is 1.20 bits per heavy atom. The molecule has 0 radical (unpaired) electrons. The Morgan fingerprint density at radius 2 is 1.90 bits per heavy atom. The van der Waals surface area contributed by atoms with Gasteiger partial charge >= 0.3 is 6.16 Å². The van der Waals surface area contributed by atoms with E-state index in [0.29, 0.717) is 12.5 Å². The number of carbonyl (C=O) groups excluding carboxylic acids is 1. The normalized spacial score (nSPS) is 11.9. The molecule has 1 aromatic rings. The minimum absolute atomic E-state index is 0.265. The summed E-state index contributed by atoms with van der Waals surface area (Å²) in [6.07, 6.45) is 3.92. The molecule has 112 valence electrons. The smallest absolute Gasteiger partial charge is 0.434 e. The molecule has 3 nitrogen and oxygen atoms in total. The van der Waals surface area contributed by atoms with Gasteiger partial charge in [-0.3, -0.25) is 0 Å². The molecule has 1 rings (SSSR count). The largest absolute Gasteiger partial charge is 0.508 e. The fraction of sp³-hybridized carbons (Fsp3) is 0.562. The molecular weight excluding hydrogens is 367 g/mol. The Kier molecular flexibility index (Phi) is 8.65. The zero-order valence-corrected chi connectivity index (χ0v) is 14.4. The van der Waals surface area contributed by atoms with Crippen LogP contribution in [0.15, 0.2) is 24.3 Å². The van der Waals surface area contributed by atoms with Gasteiger partial charge in [0, 0.05) is 3.57 Å². The Hall–Kier alpha value is -0.780. The summed E-state index contributed by atoms with van der Waals surface area (Å²) in [5.41, 5.74) is 0.973. The fourth-order valence-corrected chi connectivity index (χ4v) is 2.21. The van der Waals surface area contributed by atoms with Gasteiger partial charge in [0.2, 0.25) is 0 Å². The summed E-state index contributed by atoms with van der Waals surface area (Å²) >= 11 is 2.24. The SMILES string of the molecule is CCCCC(CC)COC(=O)OCc1ccc(I)cc1. The lowest BCUT2D eigenvalue weighted by Crippen LogP contribution is -2.14. The van der Waals surface area contributed by atoms with E-state index in [1.165, 1.54) is 12.8 Å². The highest BCUT2D eigenvalue weighted by Gasteiger charge is 2.10. The maximum Gasteiger partial charge on any atom is 0.508 e. The maximum absolute atomic E-state index is 11.5. The summed E-state index contributed by atoms with van der Waals surface area (Å²) < 4.78 is 11.4. The van der Waals surface area contributed by atoms with Gasteiger partial charge in [-0.2, -0.15) is 0 Å². The molecule has 0 aromatic heterocycles. The number of hydrogen-bond acceptors (Lipinski definition) is 3. The number of unbranched alkanes of at least 4 members (excludes halogenated alkanes) is 1. The van der Waals surface area contributed by atoms with Gasteiger partial charge in [-0.05, 0) is 52.6 Å². The van der Waals surface area contributed by atoms with Crippen molar-refractivity contribution in [3.63, 3.8) is 0 Å². The highest BCUT2D eigenvalue weighted by molar-refractivity contribution is 14.1. The molecule has 0 N–H and O–H groups in total. The zero-order chi connectivity index (χ0) is 14.8. The third-order valence-corrected chi connectivity index (χ3v) is 3.97. The van der Waals surface area contributed by atoms with E-state index in [0.717, 1.165) is 22.0 Å². The molecule has 20 heavy (non-hydrogen) atoms. The van der Waals surface area contributed by atoms with E-state index in [1.54, 1.807) is 0 Å². The number of carbonyl (C=O) groups is 1. The molecule has 0 aliphatic rings. The van der Waals surface area contributed by atoms with Crippen molar-refractivity contribution in [1.82, 2.24) is 0 Å². The van der Waals surface area contributed by atoms with E-state index in [2.05, 4.69) is 36.4 Å². The molecular formula is C16H23IO3. The highest BCUT2D eigenvalue weighted by Crippen LogP contribution is 2.13. The molecule has 0 aliphatic heterocycles. The summed E-state index contributed by atoms with van der Waals surface area (Å²) in [5.74, 6) is 0.445. The third kappa shape index (κ3) is 7.12. The first-order chi connectivity index (χ1) is 9.65. The van der Waals surface area contributed by atoms with Crippen molar-refractivity contribution >= 4 is 28.7 Å². The number of halogens is 1. The van der Waals surface area contributed by atoms with Crippen LogP contribution in [0.25, 0.3) is 0 Å². The molecule has 0 spiro atoms. The van der Waals surface area contributed by atoms with Crippen LogP contribution in [0.2, 0.25) is 0 Å². The quantitative estimate of drug-likeness (QED) is 0.454. The average molecular weight is 390 g/mol. The summed E-state index contributed by atoms with van der Waals surface area (Å²) in [7, 11) is 0. The number of hydrogen-bond donors (Lipinski definition) is 0. The molecule has 0 heterocycles. The summed E-state index contributed by atoms with van der Waals surface area (Å²) in [5, 5.41) is 0. The lowest BCUT2D eigenvalue weighted by molar-refractivity contribution is 0.0377. The van der Waals surface area contributed by atoms with Gasteiger partial charge in [-0.25, -0.2) is 4.79 Å². The number of ether oxygens (including phenoxy) is 2. The molecule has 0 bridgehead atoms. The molecule has 1 atom stereocenters. The lowest BCUT2D eigenvalue weighted by atomic mass is 10.0. The second-order valence-corrected chi connectivity index (χ2v) is 6.14. The van der Waals surface area contributed by atoms with Gasteiger partial charge in [-0.15, -0.1) is 0 Å². The third-order valence-electron chi connectivity index (χ3n) is 3.25. The Morgan fingerprint density at radius 3 is 2.50 bits per heavy atom. The first kappa shape index (κ1) is 17.3. The molecule has 1 unspecified atom stereocenters. The van der Waals surface area contributed by atoms with Crippen LogP contribution in [-0.2, 0) is 16.1 Å². The predicted molar refractivity (Wildman–Crippen MR) is 88.6 cm³/mol. The maximum atomic E-state index is 11.5. The molecule has 0 saturated carbocycles. The van der Waals surface area contributed by atoms with E-state index in [9.17, 15) is 4.79 Å². The van der Waals surface area contributed by atoms with Crippen molar-refractivity contribution in [3.05, 3.63) is 33.4 Å². The fourth-order valence-electron chi connectivity index (χ4n) is 1.85. The highest BCUT2D eigenvalue weighted by atomic mass is 127. The van der Waals surface area contributed by atoms with Gasteiger partial charge in [-0.1, -0.05) is 45.2 Å². The monoisotopic (exact) mass is 390 g/mol. The van der Waals surface area contributed by atoms with Crippen molar-refractivity contribution in [2.24, 2.45) is 5.92 Å². The first-order valence-corrected chi connectivity index (χ1v) is 8.27. The van der Waals surface area contributed by atoms with Gasteiger partial charge in [0.05, 0.1) is 6.61 Å². The van der Waals surface area contributed by atoms with Crippen molar-refractivity contribution in [1.29, 1.82) is 0 Å². The Bertz CT molecular complexity index is 389. The molecule has 1 aromatic carbocycles. The molecule has 0 saturated heterocycles. The zero-order valence-electron chi connectivity index (χ0n) is 12.2. The van der Waals surface area contributed by atoms with Crippen molar-refractivity contribution < 1.29 is 14.3 Å². The lowest BCUT2D eigenvalue weighted by Gasteiger charge is -2.14. The number of rotatable bonds is 8. The molecule has 0 amide bonds. The van der Waals surface area contributed by atoms with Crippen LogP contribution in [0.4, 0.5) is 4.79 Å². The van der Waals surface area contributed by atoms with E-state index in [1.807, 2.05) is 24.3 Å². The minimum Gasteiger partial charge on any atom is -0.434 e. The van der Waals surface area contributed by atoms with Gasteiger partial charge in [0.25, 0.3) is 0 Å². The second kappa shape index (κ2) is 10.0. The predicted octanol–water partition coefficient (Wildman–Crippen LogP) is 5.16. The van der Waals surface area contributed by atoms with Gasteiger partial charge in [0.15, 0.2) is 0 Å². The van der Waals surface area contributed by atoms with Crippen molar-refractivity contribution in [2.75, 3.05) is 6.61 Å². The van der Waals surface area contributed by atoms with Crippen LogP contribution >= 0.6 is 22.6 Å². The van der Waals surface area contributed by atoms with E-state index in [4.69, 9.17) is 9.47 Å². The van der Waals surface area contributed by atoms with Crippen LogP contribution in [0.1, 0.15) is 45.1 Å². The first-order valence-electron chi connectivity index (χ1n) is 7.19. The summed E-state index contributed by atoms with van der Waals surface area (Å²) in [4.78, 5) is 11.5. The van der Waals surface area contributed by atoms with Crippen LogP contribution in [0.5, 0.6) is 0 Å².